The first-order valence-corrected chi connectivity index (χ1v) is 12.0. The number of aryl methyl sites for hydroxylation is 3. The molecular weight excluding hydrogens is 408 g/mol. The van der Waals surface area contributed by atoms with Gasteiger partial charge in [0.2, 0.25) is 15.9 Å². The molecule has 1 aromatic carbocycles. The molecule has 0 bridgehead atoms. The molecule has 0 saturated carbocycles. The van der Waals surface area contributed by atoms with Crippen LogP contribution in [0, 0.1) is 20.8 Å². The molecule has 29 heavy (non-hydrogen) atoms. The van der Waals surface area contributed by atoms with Gasteiger partial charge in [-0.3, -0.25) is 4.79 Å². The van der Waals surface area contributed by atoms with Gasteiger partial charge in [-0.05, 0) is 57.4 Å². The number of hydrogen-bond donors (Lipinski definition) is 1. The van der Waals surface area contributed by atoms with Crippen LogP contribution in [0.25, 0.3) is 0 Å². The van der Waals surface area contributed by atoms with Crippen LogP contribution in [0.2, 0.25) is 0 Å². The summed E-state index contributed by atoms with van der Waals surface area (Å²) in [6.45, 7) is 6.63. The van der Waals surface area contributed by atoms with Gasteiger partial charge >= 0.3 is 0 Å². The molecule has 2 aromatic rings. The van der Waals surface area contributed by atoms with Crippen molar-refractivity contribution in [2.45, 2.75) is 50.1 Å². The molecule has 0 atom stereocenters. The van der Waals surface area contributed by atoms with Gasteiger partial charge in [0.05, 0.1) is 11.4 Å². The number of thioether (sulfide) groups is 1. The second kappa shape index (κ2) is 9.23. The molecule has 156 valence electrons. The van der Waals surface area contributed by atoms with Gasteiger partial charge in [-0.2, -0.15) is 4.31 Å². The zero-order valence-electron chi connectivity index (χ0n) is 16.9. The molecule has 2 heterocycles. The summed E-state index contributed by atoms with van der Waals surface area (Å²) in [7, 11) is -3.65. The van der Waals surface area contributed by atoms with E-state index < -0.39 is 10.0 Å². The largest absolute Gasteiger partial charge is 0.324 e. The van der Waals surface area contributed by atoms with E-state index in [9.17, 15) is 13.2 Å². The number of benzene rings is 1. The normalized spacial score (nSPS) is 15.3. The first-order chi connectivity index (χ1) is 13.8. The predicted molar refractivity (Wildman–Crippen MR) is 115 cm³/mol. The monoisotopic (exact) mass is 434 g/mol. The van der Waals surface area contributed by atoms with Crippen LogP contribution in [0.4, 0.5) is 5.69 Å². The lowest BCUT2D eigenvalue weighted by Crippen LogP contribution is -2.36. The minimum Gasteiger partial charge on any atom is -0.324 e. The fourth-order valence-electron chi connectivity index (χ4n) is 3.27. The van der Waals surface area contributed by atoms with E-state index >= 15 is 0 Å². The lowest BCUT2D eigenvalue weighted by atomic mass is 10.2. The average Bonchev–Trinajstić information content (AvgIpc) is 2.68. The number of nitrogens with one attached hydrogen (secondary N) is 1. The third-order valence-corrected chi connectivity index (χ3v) is 7.42. The molecule has 1 aliphatic rings. The van der Waals surface area contributed by atoms with Crippen molar-refractivity contribution in [2.75, 3.05) is 24.2 Å². The van der Waals surface area contributed by atoms with E-state index in [0.29, 0.717) is 23.9 Å². The van der Waals surface area contributed by atoms with Crippen LogP contribution >= 0.6 is 11.8 Å². The molecule has 1 fully saturated rings. The van der Waals surface area contributed by atoms with Crippen molar-refractivity contribution in [3.63, 3.8) is 0 Å². The number of rotatable bonds is 6. The molecule has 1 aliphatic heterocycles. The first-order valence-electron chi connectivity index (χ1n) is 9.61. The van der Waals surface area contributed by atoms with Gasteiger partial charge in [-0.15, -0.1) is 0 Å². The van der Waals surface area contributed by atoms with Gasteiger partial charge < -0.3 is 5.32 Å². The summed E-state index contributed by atoms with van der Waals surface area (Å²) in [5.41, 5.74) is 2.83. The van der Waals surface area contributed by atoms with E-state index in [1.807, 2.05) is 26.8 Å². The summed E-state index contributed by atoms with van der Waals surface area (Å²) >= 11 is 1.23. The number of aromatic nitrogens is 2. The molecule has 1 aromatic heterocycles. The van der Waals surface area contributed by atoms with Crippen molar-refractivity contribution in [2.24, 2.45) is 0 Å². The Kier molecular flexibility index (Phi) is 6.92. The number of piperidine rings is 1. The Bertz CT molecular complexity index is 983. The van der Waals surface area contributed by atoms with Crippen LogP contribution in [-0.2, 0) is 14.8 Å². The molecule has 7 nitrogen and oxygen atoms in total. The molecule has 0 spiro atoms. The van der Waals surface area contributed by atoms with Crippen LogP contribution in [0.5, 0.6) is 0 Å². The number of carbonyl (C=O) groups excluding carboxylic acids is 1. The van der Waals surface area contributed by atoms with Crippen molar-refractivity contribution in [3.05, 3.63) is 41.2 Å². The highest BCUT2D eigenvalue weighted by Crippen LogP contribution is 2.28. The summed E-state index contributed by atoms with van der Waals surface area (Å²) in [6, 6.07) is 6.95. The van der Waals surface area contributed by atoms with Gasteiger partial charge in [-0.25, -0.2) is 18.4 Å². The molecular formula is C20H26N4O3S2. The van der Waals surface area contributed by atoms with Crippen molar-refractivity contribution in [3.8, 4) is 0 Å². The van der Waals surface area contributed by atoms with Crippen LogP contribution in [-0.4, -0.2) is 47.4 Å². The SMILES string of the molecule is Cc1ccc(NC(=O)CSc2nc(C)cc(C)n2)c(S(=O)(=O)N2CCCCC2)c1. The zero-order valence-corrected chi connectivity index (χ0v) is 18.6. The van der Waals surface area contributed by atoms with E-state index in [2.05, 4.69) is 15.3 Å². The van der Waals surface area contributed by atoms with Crippen LogP contribution in [0.1, 0.15) is 36.2 Å². The third kappa shape index (κ3) is 5.55. The topological polar surface area (TPSA) is 92.3 Å². The van der Waals surface area contributed by atoms with E-state index in [-0.39, 0.29) is 16.6 Å². The highest BCUT2D eigenvalue weighted by molar-refractivity contribution is 7.99. The Hall–Kier alpha value is -1.97. The van der Waals surface area contributed by atoms with Crippen LogP contribution in [0.15, 0.2) is 34.3 Å². The third-order valence-electron chi connectivity index (χ3n) is 4.64. The van der Waals surface area contributed by atoms with Gasteiger partial charge in [0.15, 0.2) is 5.16 Å². The highest BCUT2D eigenvalue weighted by atomic mass is 32.2. The van der Waals surface area contributed by atoms with E-state index in [1.165, 1.54) is 16.1 Å². The highest BCUT2D eigenvalue weighted by Gasteiger charge is 2.28. The van der Waals surface area contributed by atoms with E-state index in [1.54, 1.807) is 18.2 Å². The second-order valence-corrected chi connectivity index (χ2v) is 10.1. The molecule has 1 N–H and O–H groups in total. The van der Waals surface area contributed by atoms with Crippen LogP contribution < -0.4 is 5.32 Å². The minimum absolute atomic E-state index is 0.0972. The van der Waals surface area contributed by atoms with Crippen molar-refractivity contribution in [1.82, 2.24) is 14.3 Å². The lowest BCUT2D eigenvalue weighted by molar-refractivity contribution is -0.113. The van der Waals surface area contributed by atoms with Crippen molar-refractivity contribution in [1.29, 1.82) is 0 Å². The maximum absolute atomic E-state index is 13.1. The molecule has 3 rings (SSSR count). The summed E-state index contributed by atoms with van der Waals surface area (Å²) in [6.07, 6.45) is 2.76. The number of anilines is 1. The summed E-state index contributed by atoms with van der Waals surface area (Å²) in [5, 5.41) is 3.29. The van der Waals surface area contributed by atoms with Crippen molar-refractivity contribution >= 4 is 33.4 Å². The molecule has 0 aliphatic carbocycles. The first kappa shape index (κ1) is 21.7. The van der Waals surface area contributed by atoms with E-state index in [4.69, 9.17) is 0 Å². The summed E-state index contributed by atoms with van der Waals surface area (Å²) in [5.74, 6) is -0.198. The molecule has 1 saturated heterocycles. The summed E-state index contributed by atoms with van der Waals surface area (Å²) < 4.78 is 27.8. The number of nitrogens with zero attached hydrogens (tertiary/aromatic N) is 3. The van der Waals surface area contributed by atoms with Gasteiger partial charge in [-0.1, -0.05) is 24.2 Å². The second-order valence-electron chi connectivity index (χ2n) is 7.23. The quantitative estimate of drug-likeness (QED) is 0.554. The Morgan fingerprint density at radius 2 is 1.72 bits per heavy atom. The number of carbonyl (C=O) groups is 1. The molecule has 9 heteroatoms. The standard InChI is InChI=1S/C20H26N4O3S2/c1-14-7-8-17(18(11-14)29(26,27)24-9-5-4-6-10-24)23-19(25)13-28-20-21-15(2)12-16(3)22-20/h7-8,11-12H,4-6,9-10,13H2,1-3H3,(H,23,25). The average molecular weight is 435 g/mol. The van der Waals surface area contributed by atoms with E-state index in [0.717, 1.165) is 36.2 Å². The number of sulfonamides is 1. The predicted octanol–water partition coefficient (Wildman–Crippen LogP) is 3.31. The van der Waals surface area contributed by atoms with Gasteiger partial charge in [0, 0.05) is 24.5 Å². The smallest absolute Gasteiger partial charge is 0.245 e. The maximum Gasteiger partial charge on any atom is 0.245 e. The van der Waals surface area contributed by atoms with Gasteiger partial charge in [0.25, 0.3) is 0 Å². The van der Waals surface area contributed by atoms with Gasteiger partial charge in [0.1, 0.15) is 4.90 Å². The fraction of sp³-hybridized carbons (Fsp3) is 0.450. The number of amides is 1. The molecule has 0 radical (unpaired) electrons. The lowest BCUT2D eigenvalue weighted by Gasteiger charge is -2.27. The summed E-state index contributed by atoms with van der Waals surface area (Å²) in [4.78, 5) is 21.3. The Balaban J connectivity index is 1.76. The number of hydrogen-bond acceptors (Lipinski definition) is 6. The van der Waals surface area contributed by atoms with Crippen LogP contribution in [0.3, 0.4) is 0 Å². The van der Waals surface area contributed by atoms with Crippen molar-refractivity contribution < 1.29 is 13.2 Å². The Morgan fingerprint density at radius 1 is 1.07 bits per heavy atom. The Labute approximate surface area is 176 Å². The zero-order chi connectivity index (χ0) is 21.0. The fourth-order valence-corrected chi connectivity index (χ4v) is 5.76. The Morgan fingerprint density at radius 3 is 2.38 bits per heavy atom. The maximum atomic E-state index is 13.1. The minimum atomic E-state index is -3.65. The molecule has 1 amide bonds. The molecule has 0 unspecified atom stereocenters.